The van der Waals surface area contributed by atoms with Gasteiger partial charge in [0.1, 0.15) is 5.75 Å². The van der Waals surface area contributed by atoms with Crippen LogP contribution in [-0.4, -0.2) is 14.2 Å². The first-order valence-electron chi connectivity index (χ1n) is 5.66. The van der Waals surface area contributed by atoms with Gasteiger partial charge in [0.2, 0.25) is 0 Å². The molecule has 0 saturated carbocycles. The monoisotopic (exact) mass is 227 g/mol. The number of methoxy groups -OCH3 is 1. The summed E-state index contributed by atoms with van der Waals surface area (Å²) in [5.41, 5.74) is 3.46. The normalized spacial score (nSPS) is 10.1. The fraction of sp³-hybridized carbons (Fsp3) is 0.200. The molecule has 2 heteroatoms. The lowest BCUT2D eigenvalue weighted by Gasteiger charge is -2.22. The molecule has 17 heavy (non-hydrogen) atoms. The summed E-state index contributed by atoms with van der Waals surface area (Å²) in [6.45, 7) is 2.09. The van der Waals surface area contributed by atoms with E-state index >= 15 is 0 Å². The number of rotatable bonds is 3. The molecule has 88 valence electrons. The highest BCUT2D eigenvalue weighted by Crippen LogP contribution is 2.32. The number of hydrogen-bond acceptors (Lipinski definition) is 2. The quantitative estimate of drug-likeness (QED) is 0.791. The zero-order chi connectivity index (χ0) is 12.3. The van der Waals surface area contributed by atoms with Gasteiger partial charge in [0, 0.05) is 12.7 Å². The molecule has 0 bridgehead atoms. The van der Waals surface area contributed by atoms with Gasteiger partial charge < -0.3 is 9.64 Å². The molecule has 2 aromatic carbocycles. The molecule has 0 fully saturated rings. The van der Waals surface area contributed by atoms with E-state index in [4.69, 9.17) is 4.74 Å². The van der Waals surface area contributed by atoms with Crippen LogP contribution >= 0.6 is 0 Å². The molecule has 0 unspecified atom stereocenters. The van der Waals surface area contributed by atoms with Gasteiger partial charge in [-0.15, -0.1) is 0 Å². The van der Waals surface area contributed by atoms with Gasteiger partial charge in [-0.1, -0.05) is 24.3 Å². The second kappa shape index (κ2) is 4.91. The Bertz CT molecular complexity index is 494. The van der Waals surface area contributed by atoms with Crippen LogP contribution in [0.3, 0.4) is 0 Å². The Balaban J connectivity index is 2.43. The first kappa shape index (κ1) is 11.5. The van der Waals surface area contributed by atoms with E-state index < -0.39 is 0 Å². The van der Waals surface area contributed by atoms with Gasteiger partial charge >= 0.3 is 0 Å². The highest BCUT2D eigenvalue weighted by Gasteiger charge is 2.09. The third-order valence-electron chi connectivity index (χ3n) is 2.84. The molecule has 0 aromatic heterocycles. The second-order valence-electron chi connectivity index (χ2n) is 4.07. The molecule has 2 aromatic rings. The average Bonchev–Trinajstić information content (AvgIpc) is 2.39. The molecule has 0 saturated heterocycles. The maximum atomic E-state index is 5.40. The zero-order valence-electron chi connectivity index (χ0n) is 10.5. The summed E-state index contributed by atoms with van der Waals surface area (Å²) in [5.74, 6) is 0.891. The SMILES string of the molecule is COc1ccc(C)cc1N(C)c1ccccc1. The Morgan fingerprint density at radius 1 is 1.00 bits per heavy atom. The minimum absolute atomic E-state index is 0.891. The highest BCUT2D eigenvalue weighted by atomic mass is 16.5. The van der Waals surface area contributed by atoms with E-state index in [2.05, 4.69) is 36.1 Å². The van der Waals surface area contributed by atoms with Crippen LogP contribution in [0.2, 0.25) is 0 Å². The number of para-hydroxylation sites is 1. The van der Waals surface area contributed by atoms with Gasteiger partial charge in [-0.25, -0.2) is 0 Å². The van der Waals surface area contributed by atoms with E-state index in [9.17, 15) is 0 Å². The van der Waals surface area contributed by atoms with E-state index in [0.29, 0.717) is 0 Å². The average molecular weight is 227 g/mol. The molecular formula is C15H17NO. The Hall–Kier alpha value is -1.96. The van der Waals surface area contributed by atoms with E-state index in [1.165, 1.54) is 5.56 Å². The summed E-state index contributed by atoms with van der Waals surface area (Å²) >= 11 is 0. The number of aryl methyl sites for hydroxylation is 1. The molecule has 0 aliphatic carbocycles. The molecule has 0 N–H and O–H groups in total. The van der Waals surface area contributed by atoms with E-state index in [0.717, 1.165) is 17.1 Å². The van der Waals surface area contributed by atoms with Crippen molar-refractivity contribution in [3.05, 3.63) is 54.1 Å². The van der Waals surface area contributed by atoms with Gasteiger partial charge in [-0.2, -0.15) is 0 Å². The van der Waals surface area contributed by atoms with Crippen LogP contribution in [0, 0.1) is 6.92 Å². The third-order valence-corrected chi connectivity index (χ3v) is 2.84. The Morgan fingerprint density at radius 3 is 2.35 bits per heavy atom. The summed E-state index contributed by atoms with van der Waals surface area (Å²) in [5, 5.41) is 0. The van der Waals surface area contributed by atoms with Gasteiger partial charge in [0.15, 0.2) is 0 Å². The van der Waals surface area contributed by atoms with Crippen molar-refractivity contribution < 1.29 is 4.74 Å². The molecule has 0 heterocycles. The molecule has 2 rings (SSSR count). The van der Waals surface area contributed by atoms with Crippen LogP contribution in [0.15, 0.2) is 48.5 Å². The summed E-state index contributed by atoms with van der Waals surface area (Å²) in [6.07, 6.45) is 0. The zero-order valence-corrected chi connectivity index (χ0v) is 10.5. The van der Waals surface area contributed by atoms with Gasteiger partial charge in [0.25, 0.3) is 0 Å². The van der Waals surface area contributed by atoms with Crippen LogP contribution < -0.4 is 9.64 Å². The molecule has 0 aliphatic heterocycles. The lowest BCUT2D eigenvalue weighted by atomic mass is 10.2. The predicted molar refractivity (Wildman–Crippen MR) is 72.2 cm³/mol. The number of benzene rings is 2. The van der Waals surface area contributed by atoms with Crippen LogP contribution in [0.25, 0.3) is 0 Å². The van der Waals surface area contributed by atoms with E-state index in [-0.39, 0.29) is 0 Å². The van der Waals surface area contributed by atoms with Gasteiger partial charge in [-0.05, 0) is 36.8 Å². The van der Waals surface area contributed by atoms with Crippen molar-refractivity contribution in [2.24, 2.45) is 0 Å². The number of nitrogens with zero attached hydrogens (tertiary/aromatic N) is 1. The first-order valence-corrected chi connectivity index (χ1v) is 5.66. The summed E-state index contributed by atoms with van der Waals surface area (Å²) in [4.78, 5) is 2.13. The summed E-state index contributed by atoms with van der Waals surface area (Å²) in [6, 6.07) is 16.5. The smallest absolute Gasteiger partial charge is 0.142 e. The van der Waals surface area contributed by atoms with Crippen LogP contribution in [0.5, 0.6) is 5.75 Å². The molecule has 0 spiro atoms. The maximum absolute atomic E-state index is 5.40. The molecule has 0 amide bonds. The molecule has 0 aliphatic rings. The fourth-order valence-corrected chi connectivity index (χ4v) is 1.85. The third kappa shape index (κ3) is 2.41. The van der Waals surface area contributed by atoms with E-state index in [1.807, 2.05) is 31.3 Å². The van der Waals surface area contributed by atoms with Crippen LogP contribution in [0.4, 0.5) is 11.4 Å². The Kier molecular flexibility index (Phi) is 3.33. The minimum atomic E-state index is 0.891. The van der Waals surface area contributed by atoms with Crippen molar-refractivity contribution in [2.45, 2.75) is 6.92 Å². The Labute approximate surface area is 102 Å². The molecule has 0 atom stereocenters. The van der Waals surface area contributed by atoms with Crippen molar-refractivity contribution in [3.8, 4) is 5.75 Å². The van der Waals surface area contributed by atoms with Crippen LogP contribution in [-0.2, 0) is 0 Å². The van der Waals surface area contributed by atoms with Crippen molar-refractivity contribution in [1.29, 1.82) is 0 Å². The minimum Gasteiger partial charge on any atom is -0.495 e. The molecule has 0 radical (unpaired) electrons. The second-order valence-corrected chi connectivity index (χ2v) is 4.07. The molecule has 2 nitrogen and oxygen atoms in total. The number of hydrogen-bond donors (Lipinski definition) is 0. The molecular weight excluding hydrogens is 210 g/mol. The fourth-order valence-electron chi connectivity index (χ4n) is 1.85. The topological polar surface area (TPSA) is 12.5 Å². The number of ether oxygens (including phenoxy) is 1. The van der Waals surface area contributed by atoms with E-state index in [1.54, 1.807) is 7.11 Å². The van der Waals surface area contributed by atoms with Gasteiger partial charge in [0.05, 0.1) is 12.8 Å². The Morgan fingerprint density at radius 2 is 1.71 bits per heavy atom. The lowest BCUT2D eigenvalue weighted by Crippen LogP contribution is -2.10. The van der Waals surface area contributed by atoms with Crippen molar-refractivity contribution in [2.75, 3.05) is 19.1 Å². The van der Waals surface area contributed by atoms with Crippen molar-refractivity contribution >= 4 is 11.4 Å². The first-order chi connectivity index (χ1) is 8.22. The van der Waals surface area contributed by atoms with Crippen LogP contribution in [0.1, 0.15) is 5.56 Å². The maximum Gasteiger partial charge on any atom is 0.142 e. The lowest BCUT2D eigenvalue weighted by molar-refractivity contribution is 0.415. The predicted octanol–water partition coefficient (Wildman–Crippen LogP) is 3.77. The summed E-state index contributed by atoms with van der Waals surface area (Å²) < 4.78 is 5.40. The highest BCUT2D eigenvalue weighted by molar-refractivity contribution is 5.69. The van der Waals surface area contributed by atoms with Crippen molar-refractivity contribution in [1.82, 2.24) is 0 Å². The van der Waals surface area contributed by atoms with Gasteiger partial charge in [-0.3, -0.25) is 0 Å². The summed E-state index contributed by atoms with van der Waals surface area (Å²) in [7, 11) is 3.75. The largest absolute Gasteiger partial charge is 0.495 e. The standard InChI is InChI=1S/C15H17NO/c1-12-9-10-15(17-3)14(11-12)16(2)13-7-5-4-6-8-13/h4-11H,1-3H3. The number of anilines is 2. The van der Waals surface area contributed by atoms with Crippen molar-refractivity contribution in [3.63, 3.8) is 0 Å².